The molecule has 0 bridgehead atoms. The number of para-hydroxylation sites is 2. The lowest BCUT2D eigenvalue weighted by Gasteiger charge is -2.19. The third-order valence-corrected chi connectivity index (χ3v) is 5.45. The maximum Gasteiger partial charge on any atom is 0.148 e. The highest BCUT2D eigenvalue weighted by Gasteiger charge is 2.14. The van der Waals surface area contributed by atoms with Crippen molar-refractivity contribution in [1.82, 2.24) is 9.55 Å². The molecule has 0 saturated carbocycles. The first-order valence-corrected chi connectivity index (χ1v) is 10.9. The second kappa shape index (κ2) is 9.35. The van der Waals surface area contributed by atoms with Gasteiger partial charge in [-0.25, -0.2) is 4.98 Å². The van der Waals surface area contributed by atoms with Gasteiger partial charge in [0.2, 0.25) is 0 Å². The van der Waals surface area contributed by atoms with Gasteiger partial charge in [0.15, 0.2) is 0 Å². The van der Waals surface area contributed by atoms with Crippen LogP contribution in [0, 0.1) is 0 Å². The summed E-state index contributed by atoms with van der Waals surface area (Å²) in [6, 6.07) is 24.1. The molecule has 4 rings (SSSR count). The van der Waals surface area contributed by atoms with Gasteiger partial charge < -0.3 is 18.8 Å². The number of nitrogens with zero attached hydrogens (tertiary/aromatic N) is 2. The Morgan fingerprint density at radius 3 is 2.31 bits per heavy atom. The quantitative estimate of drug-likeness (QED) is 0.344. The lowest BCUT2D eigenvalue weighted by atomic mass is 9.87. The Morgan fingerprint density at radius 1 is 0.812 bits per heavy atom. The molecule has 4 aromatic rings. The van der Waals surface area contributed by atoms with Gasteiger partial charge >= 0.3 is 0 Å². The van der Waals surface area contributed by atoms with Crippen LogP contribution in [-0.4, -0.2) is 23.3 Å². The van der Waals surface area contributed by atoms with Crippen molar-refractivity contribution >= 4 is 11.0 Å². The van der Waals surface area contributed by atoms with Crippen LogP contribution in [0.5, 0.6) is 17.2 Å². The van der Waals surface area contributed by atoms with E-state index in [2.05, 4.69) is 43.5 Å². The molecule has 1 aromatic heterocycles. The van der Waals surface area contributed by atoms with Gasteiger partial charge in [0.05, 0.1) is 24.7 Å². The molecule has 0 spiro atoms. The van der Waals surface area contributed by atoms with Crippen molar-refractivity contribution < 1.29 is 14.2 Å². The molecule has 0 amide bonds. The van der Waals surface area contributed by atoms with E-state index in [0.29, 0.717) is 19.8 Å². The van der Waals surface area contributed by atoms with E-state index >= 15 is 0 Å². The minimum Gasteiger partial charge on any atom is -0.497 e. The van der Waals surface area contributed by atoms with E-state index in [9.17, 15) is 0 Å². The summed E-state index contributed by atoms with van der Waals surface area (Å²) in [5.74, 6) is 3.25. The molecule has 5 nitrogen and oxygen atoms in total. The number of hydrogen-bond donors (Lipinski definition) is 0. The van der Waals surface area contributed by atoms with E-state index in [0.717, 1.165) is 34.1 Å². The van der Waals surface area contributed by atoms with Crippen molar-refractivity contribution in [2.75, 3.05) is 13.7 Å². The molecule has 0 atom stereocenters. The first kappa shape index (κ1) is 21.8. The summed E-state index contributed by atoms with van der Waals surface area (Å²) >= 11 is 0. The molecule has 0 aliphatic carbocycles. The molecule has 1 heterocycles. The van der Waals surface area contributed by atoms with Crippen molar-refractivity contribution in [2.24, 2.45) is 0 Å². The Morgan fingerprint density at radius 2 is 1.56 bits per heavy atom. The van der Waals surface area contributed by atoms with E-state index in [1.165, 1.54) is 5.56 Å². The Labute approximate surface area is 189 Å². The number of hydrogen-bond acceptors (Lipinski definition) is 4. The summed E-state index contributed by atoms with van der Waals surface area (Å²) in [5, 5.41) is 0. The molecular formula is C27H30N2O3. The average molecular weight is 431 g/mol. The molecule has 0 unspecified atom stereocenters. The third kappa shape index (κ3) is 5.05. The van der Waals surface area contributed by atoms with E-state index < -0.39 is 0 Å². The zero-order chi connectivity index (χ0) is 22.6. The average Bonchev–Trinajstić information content (AvgIpc) is 3.15. The Hall–Kier alpha value is -3.47. The molecule has 0 aliphatic heterocycles. The summed E-state index contributed by atoms with van der Waals surface area (Å²) in [5.41, 5.74) is 3.45. The van der Waals surface area contributed by atoms with E-state index in [4.69, 9.17) is 19.2 Å². The molecule has 3 aromatic carbocycles. The largest absolute Gasteiger partial charge is 0.497 e. The van der Waals surface area contributed by atoms with Crippen LogP contribution < -0.4 is 14.2 Å². The SMILES string of the molecule is COc1cccc(OCc2nc3ccccc3n2CCOc2ccc(C(C)(C)C)cc2)c1. The monoisotopic (exact) mass is 430 g/mol. The molecule has 166 valence electrons. The summed E-state index contributed by atoms with van der Waals surface area (Å²) in [6.45, 7) is 8.22. The fourth-order valence-electron chi connectivity index (χ4n) is 3.63. The summed E-state index contributed by atoms with van der Waals surface area (Å²) < 4.78 is 19.5. The van der Waals surface area contributed by atoms with Gasteiger partial charge in [-0.1, -0.05) is 51.1 Å². The summed E-state index contributed by atoms with van der Waals surface area (Å²) in [4.78, 5) is 4.79. The molecule has 0 saturated heterocycles. The Bertz CT molecular complexity index is 1170. The third-order valence-electron chi connectivity index (χ3n) is 5.45. The number of rotatable bonds is 8. The fourth-order valence-corrected chi connectivity index (χ4v) is 3.63. The van der Waals surface area contributed by atoms with Crippen LogP contribution in [0.3, 0.4) is 0 Å². The van der Waals surface area contributed by atoms with Gasteiger partial charge in [-0.05, 0) is 47.4 Å². The minimum absolute atomic E-state index is 0.131. The van der Waals surface area contributed by atoms with Crippen LogP contribution in [0.2, 0.25) is 0 Å². The van der Waals surface area contributed by atoms with Gasteiger partial charge in [0, 0.05) is 6.07 Å². The predicted octanol–water partition coefficient (Wildman–Crippen LogP) is 6.00. The second-order valence-electron chi connectivity index (χ2n) is 8.76. The number of ether oxygens (including phenoxy) is 3. The normalized spacial score (nSPS) is 11.5. The molecule has 0 radical (unpaired) electrons. The number of imidazole rings is 1. The van der Waals surface area contributed by atoms with Crippen molar-refractivity contribution in [1.29, 1.82) is 0 Å². The van der Waals surface area contributed by atoms with Gasteiger partial charge in [-0.2, -0.15) is 0 Å². The molecule has 0 aliphatic rings. The summed E-state index contributed by atoms with van der Waals surface area (Å²) in [6.07, 6.45) is 0. The van der Waals surface area contributed by atoms with Gasteiger partial charge in [-0.15, -0.1) is 0 Å². The topological polar surface area (TPSA) is 45.5 Å². The highest BCUT2D eigenvalue weighted by atomic mass is 16.5. The van der Waals surface area contributed by atoms with E-state index in [1.54, 1.807) is 7.11 Å². The second-order valence-corrected chi connectivity index (χ2v) is 8.76. The standard InChI is InChI=1S/C27H30N2O3/c1-27(2,3)20-12-14-21(15-13-20)31-17-16-29-25-11-6-5-10-24(25)28-26(29)19-32-23-9-7-8-22(18-23)30-4/h5-15,18H,16-17,19H2,1-4H3. The van der Waals surface area contributed by atoms with Crippen LogP contribution in [0.4, 0.5) is 0 Å². The van der Waals surface area contributed by atoms with Crippen LogP contribution in [0.15, 0.2) is 72.8 Å². The zero-order valence-corrected chi connectivity index (χ0v) is 19.2. The fraction of sp³-hybridized carbons (Fsp3) is 0.296. The van der Waals surface area contributed by atoms with E-state index in [1.807, 2.05) is 54.6 Å². The van der Waals surface area contributed by atoms with Crippen LogP contribution >= 0.6 is 0 Å². The zero-order valence-electron chi connectivity index (χ0n) is 19.2. The maximum absolute atomic E-state index is 6.04. The maximum atomic E-state index is 6.04. The molecule has 0 N–H and O–H groups in total. The van der Waals surface area contributed by atoms with Crippen molar-refractivity contribution in [2.45, 2.75) is 39.3 Å². The molecule has 32 heavy (non-hydrogen) atoms. The van der Waals surface area contributed by atoms with Crippen molar-refractivity contribution in [3.63, 3.8) is 0 Å². The first-order valence-electron chi connectivity index (χ1n) is 10.9. The van der Waals surface area contributed by atoms with E-state index in [-0.39, 0.29) is 5.41 Å². The number of fused-ring (bicyclic) bond motifs is 1. The summed E-state index contributed by atoms with van der Waals surface area (Å²) in [7, 11) is 1.65. The molecule has 0 fully saturated rings. The van der Waals surface area contributed by atoms with Crippen molar-refractivity contribution in [3.8, 4) is 17.2 Å². The van der Waals surface area contributed by atoms with Crippen LogP contribution in [0.25, 0.3) is 11.0 Å². The van der Waals surface area contributed by atoms with Crippen LogP contribution in [0.1, 0.15) is 32.2 Å². The van der Waals surface area contributed by atoms with Gasteiger partial charge in [0.1, 0.15) is 36.3 Å². The highest BCUT2D eigenvalue weighted by molar-refractivity contribution is 5.75. The Balaban J connectivity index is 1.46. The van der Waals surface area contributed by atoms with Gasteiger partial charge in [0.25, 0.3) is 0 Å². The van der Waals surface area contributed by atoms with Crippen molar-refractivity contribution in [3.05, 3.63) is 84.2 Å². The highest BCUT2D eigenvalue weighted by Crippen LogP contribution is 2.25. The lowest BCUT2D eigenvalue weighted by molar-refractivity contribution is 0.271. The number of methoxy groups -OCH3 is 1. The number of benzene rings is 3. The lowest BCUT2D eigenvalue weighted by Crippen LogP contribution is -2.13. The Kier molecular flexibility index (Phi) is 6.35. The molecular weight excluding hydrogens is 400 g/mol. The smallest absolute Gasteiger partial charge is 0.148 e. The number of aromatic nitrogens is 2. The minimum atomic E-state index is 0.131. The van der Waals surface area contributed by atoms with Gasteiger partial charge in [-0.3, -0.25) is 0 Å². The van der Waals surface area contributed by atoms with Crippen LogP contribution in [-0.2, 0) is 18.6 Å². The molecule has 5 heteroatoms. The predicted molar refractivity (Wildman–Crippen MR) is 128 cm³/mol. The first-order chi connectivity index (χ1) is 15.4.